The van der Waals surface area contributed by atoms with Crippen molar-refractivity contribution >= 4 is 13.8 Å². The van der Waals surface area contributed by atoms with E-state index in [1.807, 2.05) is 0 Å². The Bertz CT molecular complexity index is 848. The van der Waals surface area contributed by atoms with Crippen LogP contribution in [0.4, 0.5) is 0 Å². The summed E-state index contributed by atoms with van der Waals surface area (Å²) in [4.78, 5) is 22.3. The van der Waals surface area contributed by atoms with E-state index in [1.54, 1.807) is 0 Å². The fourth-order valence-corrected chi connectivity index (χ4v) is 6.09. The molecule has 288 valence electrons. The zero-order chi connectivity index (χ0) is 35.9. The molecule has 0 aliphatic heterocycles. The molecule has 2 atom stereocenters. The first-order chi connectivity index (χ1) is 23.9. The quantitative estimate of drug-likeness (QED) is 0.0281. The van der Waals surface area contributed by atoms with E-state index >= 15 is 0 Å². The fraction of sp³-hybridized carbons (Fsp3) is 0.825. The van der Waals surface area contributed by atoms with Gasteiger partial charge in [-0.25, -0.2) is 4.57 Å². The summed E-state index contributed by atoms with van der Waals surface area (Å²) in [7, 11) is -4.27. The van der Waals surface area contributed by atoms with Crippen molar-refractivity contribution in [3.63, 3.8) is 0 Å². The van der Waals surface area contributed by atoms with Gasteiger partial charge in [0, 0.05) is 19.6 Å². The van der Waals surface area contributed by atoms with Crippen molar-refractivity contribution < 1.29 is 32.8 Å². The SMILES string of the molecule is CCC/C=C\CCCCCCCC(=O)OC(COCCCCCCCCCCCC/C=C\C/C=C\CCCCC)COP(=O)(O)OCCN. The molecule has 0 aromatic carbocycles. The van der Waals surface area contributed by atoms with Crippen LogP contribution in [0, 0.1) is 0 Å². The third kappa shape index (κ3) is 37.8. The molecule has 9 heteroatoms. The van der Waals surface area contributed by atoms with E-state index in [0.717, 1.165) is 57.8 Å². The molecule has 0 aliphatic carbocycles. The summed E-state index contributed by atoms with van der Waals surface area (Å²) in [5, 5.41) is 0. The van der Waals surface area contributed by atoms with E-state index in [9.17, 15) is 14.3 Å². The number of carbonyl (C=O) groups excluding carboxylic acids is 1. The van der Waals surface area contributed by atoms with Crippen molar-refractivity contribution in [3.05, 3.63) is 36.5 Å². The Labute approximate surface area is 301 Å². The smallest absolute Gasteiger partial charge is 0.457 e. The lowest BCUT2D eigenvalue weighted by atomic mass is 10.1. The number of unbranched alkanes of at least 4 members (excludes halogenated alkanes) is 19. The summed E-state index contributed by atoms with van der Waals surface area (Å²) < 4.78 is 33.3. The molecule has 0 aromatic heterocycles. The van der Waals surface area contributed by atoms with Crippen molar-refractivity contribution in [2.24, 2.45) is 5.73 Å². The van der Waals surface area contributed by atoms with Crippen molar-refractivity contribution in [1.29, 1.82) is 0 Å². The summed E-state index contributed by atoms with van der Waals surface area (Å²) >= 11 is 0. The Balaban J connectivity index is 3.99. The van der Waals surface area contributed by atoms with Gasteiger partial charge in [-0.05, 0) is 64.2 Å². The Kier molecular flexibility index (Phi) is 37.0. The van der Waals surface area contributed by atoms with Gasteiger partial charge >= 0.3 is 13.8 Å². The van der Waals surface area contributed by atoms with Gasteiger partial charge in [0.15, 0.2) is 0 Å². The van der Waals surface area contributed by atoms with E-state index in [0.29, 0.717) is 13.0 Å². The number of hydrogen-bond acceptors (Lipinski definition) is 7. The maximum absolute atomic E-state index is 12.5. The highest BCUT2D eigenvalue weighted by atomic mass is 31.2. The molecule has 0 aromatic rings. The van der Waals surface area contributed by atoms with Gasteiger partial charge in [-0.2, -0.15) is 0 Å². The third-order valence-electron chi connectivity index (χ3n) is 8.26. The average Bonchev–Trinajstić information content (AvgIpc) is 3.09. The van der Waals surface area contributed by atoms with Crippen LogP contribution >= 0.6 is 7.82 Å². The van der Waals surface area contributed by atoms with Crippen molar-refractivity contribution in [3.8, 4) is 0 Å². The second kappa shape index (κ2) is 38.0. The van der Waals surface area contributed by atoms with E-state index in [1.165, 1.54) is 96.3 Å². The number of hydrogen-bond donors (Lipinski definition) is 2. The van der Waals surface area contributed by atoms with Gasteiger partial charge in [0.2, 0.25) is 0 Å². The highest BCUT2D eigenvalue weighted by Gasteiger charge is 2.25. The number of rotatable bonds is 38. The van der Waals surface area contributed by atoms with Crippen LogP contribution in [0.25, 0.3) is 0 Å². The van der Waals surface area contributed by atoms with E-state index in [-0.39, 0.29) is 32.3 Å². The van der Waals surface area contributed by atoms with Gasteiger partial charge in [0.05, 0.1) is 19.8 Å². The molecule has 0 rings (SSSR count). The monoisotopic (exact) mass is 714 g/mol. The van der Waals surface area contributed by atoms with Gasteiger partial charge in [-0.1, -0.05) is 140 Å². The predicted octanol–water partition coefficient (Wildman–Crippen LogP) is 11.5. The molecule has 0 amide bonds. The van der Waals surface area contributed by atoms with Crippen LogP contribution in [0.15, 0.2) is 36.5 Å². The lowest BCUT2D eigenvalue weighted by Crippen LogP contribution is -2.28. The minimum atomic E-state index is -4.27. The van der Waals surface area contributed by atoms with E-state index in [2.05, 4.69) is 50.3 Å². The zero-order valence-corrected chi connectivity index (χ0v) is 32.6. The first kappa shape index (κ1) is 47.7. The minimum Gasteiger partial charge on any atom is -0.457 e. The number of allylic oxidation sites excluding steroid dienone is 6. The summed E-state index contributed by atoms with van der Waals surface area (Å²) in [5.41, 5.74) is 5.35. The van der Waals surface area contributed by atoms with Gasteiger partial charge in [0.25, 0.3) is 0 Å². The number of nitrogens with two attached hydrogens (primary N) is 1. The average molecular weight is 714 g/mol. The number of phosphoric ester groups is 1. The van der Waals surface area contributed by atoms with Crippen LogP contribution < -0.4 is 5.73 Å². The largest absolute Gasteiger partial charge is 0.472 e. The molecule has 0 radical (unpaired) electrons. The Morgan fingerprint density at radius 1 is 0.612 bits per heavy atom. The standard InChI is InChI=1S/C40H76NO7P/c1-3-5-7-9-11-13-15-16-17-18-19-20-21-22-23-24-26-28-30-32-35-45-37-39(38-47-49(43,44)46-36-34-41)48-40(42)33-31-29-27-25-14-12-10-8-6-4-2/h8,10-11,13,16-17,39H,3-7,9,12,14-15,18-38,41H2,1-2H3,(H,43,44)/b10-8-,13-11-,17-16-. The molecule has 0 bridgehead atoms. The summed E-state index contributed by atoms with van der Waals surface area (Å²) in [6.45, 7) is 4.81. The van der Waals surface area contributed by atoms with Crippen molar-refractivity contribution in [1.82, 2.24) is 0 Å². The molecule has 0 saturated carbocycles. The van der Waals surface area contributed by atoms with E-state index in [4.69, 9.17) is 24.3 Å². The molecule has 0 heterocycles. The minimum absolute atomic E-state index is 0.0979. The predicted molar refractivity (Wildman–Crippen MR) is 206 cm³/mol. The van der Waals surface area contributed by atoms with Crippen LogP contribution in [-0.4, -0.2) is 49.9 Å². The maximum atomic E-state index is 12.5. The number of carbonyl (C=O) groups is 1. The first-order valence-electron chi connectivity index (χ1n) is 20.0. The van der Waals surface area contributed by atoms with Gasteiger partial charge in [-0.15, -0.1) is 0 Å². The van der Waals surface area contributed by atoms with Crippen LogP contribution in [0.1, 0.15) is 174 Å². The first-order valence-corrected chi connectivity index (χ1v) is 21.5. The lowest BCUT2D eigenvalue weighted by Gasteiger charge is -2.20. The molecule has 0 fully saturated rings. The lowest BCUT2D eigenvalue weighted by molar-refractivity contribution is -0.154. The molecule has 0 saturated heterocycles. The topological polar surface area (TPSA) is 117 Å². The molecule has 3 N–H and O–H groups in total. The highest BCUT2D eigenvalue weighted by molar-refractivity contribution is 7.47. The number of ether oxygens (including phenoxy) is 2. The van der Waals surface area contributed by atoms with Crippen LogP contribution in [0.2, 0.25) is 0 Å². The normalized spacial score (nSPS) is 14.0. The van der Waals surface area contributed by atoms with Gasteiger partial charge < -0.3 is 20.1 Å². The summed E-state index contributed by atoms with van der Waals surface area (Å²) in [6.07, 6.45) is 41.6. The number of esters is 1. The summed E-state index contributed by atoms with van der Waals surface area (Å²) in [6, 6.07) is 0. The molecule has 2 unspecified atom stereocenters. The van der Waals surface area contributed by atoms with E-state index < -0.39 is 13.9 Å². The van der Waals surface area contributed by atoms with Gasteiger partial charge in [0.1, 0.15) is 6.10 Å². The maximum Gasteiger partial charge on any atom is 0.472 e. The molecule has 0 spiro atoms. The molecule has 8 nitrogen and oxygen atoms in total. The zero-order valence-electron chi connectivity index (χ0n) is 31.7. The van der Waals surface area contributed by atoms with Crippen molar-refractivity contribution in [2.45, 2.75) is 180 Å². The number of phosphoric acid groups is 1. The van der Waals surface area contributed by atoms with Crippen LogP contribution in [0.3, 0.4) is 0 Å². The van der Waals surface area contributed by atoms with Gasteiger partial charge in [-0.3, -0.25) is 13.8 Å². The second-order valence-corrected chi connectivity index (χ2v) is 14.6. The Hall–Kier alpha value is -1.28. The highest BCUT2D eigenvalue weighted by Crippen LogP contribution is 2.43. The van der Waals surface area contributed by atoms with Crippen LogP contribution in [0.5, 0.6) is 0 Å². The van der Waals surface area contributed by atoms with Crippen LogP contribution in [-0.2, 0) is 27.9 Å². The second-order valence-electron chi connectivity index (χ2n) is 13.1. The fourth-order valence-electron chi connectivity index (χ4n) is 5.32. The third-order valence-corrected chi connectivity index (χ3v) is 9.24. The summed E-state index contributed by atoms with van der Waals surface area (Å²) in [5.74, 6) is -0.344. The molecular weight excluding hydrogens is 637 g/mol. The molecule has 0 aliphatic rings. The Morgan fingerprint density at radius 2 is 1.12 bits per heavy atom. The molecular formula is C40H76NO7P. The molecule has 49 heavy (non-hydrogen) atoms. The van der Waals surface area contributed by atoms with Crippen molar-refractivity contribution in [2.75, 3.05) is 33.0 Å². The Morgan fingerprint density at radius 3 is 1.69 bits per heavy atom.